The molecule has 108 valence electrons. The highest BCUT2D eigenvalue weighted by Crippen LogP contribution is 2.28. The molecular weight excluding hydrogens is 264 g/mol. The molecule has 0 aliphatic heterocycles. The van der Waals surface area contributed by atoms with Crippen LogP contribution in [0.25, 0.3) is 0 Å². The minimum absolute atomic E-state index is 0.120. The quantitative estimate of drug-likeness (QED) is 0.761. The van der Waals surface area contributed by atoms with Crippen LogP contribution in [0.15, 0.2) is 0 Å². The molecule has 19 heavy (non-hydrogen) atoms. The molecule has 1 rings (SSSR count). The number of anilines is 2. The molecule has 1 aromatic rings. The van der Waals surface area contributed by atoms with Crippen LogP contribution in [0.1, 0.15) is 37.4 Å². The first-order chi connectivity index (χ1) is 8.69. The van der Waals surface area contributed by atoms with Crippen LogP contribution in [-0.4, -0.2) is 46.1 Å². The van der Waals surface area contributed by atoms with E-state index in [4.69, 9.17) is 5.73 Å². The third kappa shape index (κ3) is 3.57. The SMILES string of the molecule is CC(C)Nc1nc(N)c(C(=O)N(C)C(C)(C)CO)s1. The van der Waals surface area contributed by atoms with Crippen LogP contribution in [0.2, 0.25) is 0 Å². The first kappa shape index (κ1) is 15.7. The van der Waals surface area contributed by atoms with Crippen molar-refractivity contribution < 1.29 is 9.90 Å². The number of amides is 1. The Bertz CT molecular complexity index is 457. The Labute approximate surface area is 117 Å². The van der Waals surface area contributed by atoms with Crippen molar-refractivity contribution >= 4 is 28.2 Å². The average Bonchev–Trinajstić information content (AvgIpc) is 2.67. The first-order valence-electron chi connectivity index (χ1n) is 6.11. The lowest BCUT2D eigenvalue weighted by atomic mass is 10.1. The zero-order valence-corrected chi connectivity index (χ0v) is 12.8. The maximum atomic E-state index is 12.3. The van der Waals surface area contributed by atoms with Gasteiger partial charge in [0, 0.05) is 13.1 Å². The summed E-state index contributed by atoms with van der Waals surface area (Å²) >= 11 is 1.23. The second-order valence-electron chi connectivity index (χ2n) is 5.37. The lowest BCUT2D eigenvalue weighted by molar-refractivity contribution is 0.0478. The van der Waals surface area contributed by atoms with E-state index in [0.29, 0.717) is 10.0 Å². The number of nitrogens with one attached hydrogen (secondary N) is 1. The van der Waals surface area contributed by atoms with Gasteiger partial charge in [-0.25, -0.2) is 4.98 Å². The van der Waals surface area contributed by atoms with Gasteiger partial charge in [0.25, 0.3) is 5.91 Å². The van der Waals surface area contributed by atoms with Gasteiger partial charge in [-0.2, -0.15) is 0 Å². The average molecular weight is 286 g/mol. The fourth-order valence-electron chi connectivity index (χ4n) is 1.33. The summed E-state index contributed by atoms with van der Waals surface area (Å²) in [6.07, 6.45) is 0. The van der Waals surface area contributed by atoms with E-state index in [-0.39, 0.29) is 24.4 Å². The highest BCUT2D eigenvalue weighted by molar-refractivity contribution is 7.18. The maximum Gasteiger partial charge on any atom is 0.268 e. The number of carbonyl (C=O) groups excluding carboxylic acids is 1. The van der Waals surface area contributed by atoms with Crippen molar-refractivity contribution in [1.29, 1.82) is 0 Å². The van der Waals surface area contributed by atoms with Crippen LogP contribution < -0.4 is 11.1 Å². The summed E-state index contributed by atoms with van der Waals surface area (Å²) in [5.41, 5.74) is 5.15. The topological polar surface area (TPSA) is 91.5 Å². The molecular formula is C12H22N4O2S. The normalized spacial score (nSPS) is 11.7. The summed E-state index contributed by atoms with van der Waals surface area (Å²) in [6.45, 7) is 7.43. The van der Waals surface area contributed by atoms with E-state index in [2.05, 4.69) is 10.3 Å². The Kier molecular flexibility index (Phi) is 4.75. The molecule has 0 fully saturated rings. The second kappa shape index (κ2) is 5.75. The predicted octanol–water partition coefficient (Wildman–Crippen LogP) is 1.39. The van der Waals surface area contributed by atoms with Crippen LogP contribution >= 0.6 is 11.3 Å². The monoisotopic (exact) mass is 286 g/mol. The van der Waals surface area contributed by atoms with E-state index in [0.717, 1.165) is 0 Å². The standard InChI is InChI=1S/C12H22N4O2S/c1-7(2)14-11-15-9(13)8(19-11)10(18)16(5)12(3,4)6-17/h7,17H,6,13H2,1-5H3,(H,14,15). The van der Waals surface area contributed by atoms with E-state index < -0.39 is 5.54 Å². The Balaban J connectivity index is 2.97. The fourth-order valence-corrected chi connectivity index (χ4v) is 2.33. The van der Waals surface area contributed by atoms with Crippen molar-refractivity contribution in [3.63, 3.8) is 0 Å². The van der Waals surface area contributed by atoms with Crippen molar-refractivity contribution in [2.45, 2.75) is 39.3 Å². The first-order valence-corrected chi connectivity index (χ1v) is 6.92. The summed E-state index contributed by atoms with van der Waals surface area (Å²) in [5.74, 6) is -0.00963. The number of hydrogen-bond donors (Lipinski definition) is 3. The van der Waals surface area contributed by atoms with Crippen molar-refractivity contribution in [2.24, 2.45) is 0 Å². The Hall–Kier alpha value is -1.34. The number of nitrogens with zero attached hydrogens (tertiary/aromatic N) is 2. The van der Waals surface area contributed by atoms with Crippen LogP contribution in [0.3, 0.4) is 0 Å². The summed E-state index contributed by atoms with van der Waals surface area (Å²) in [5, 5.41) is 13.1. The van der Waals surface area contributed by atoms with Crippen LogP contribution in [0.5, 0.6) is 0 Å². The largest absolute Gasteiger partial charge is 0.394 e. The van der Waals surface area contributed by atoms with Gasteiger partial charge in [-0.15, -0.1) is 0 Å². The molecule has 0 bridgehead atoms. The van der Waals surface area contributed by atoms with Crippen molar-refractivity contribution in [1.82, 2.24) is 9.88 Å². The lowest BCUT2D eigenvalue weighted by Gasteiger charge is -2.33. The fraction of sp³-hybridized carbons (Fsp3) is 0.667. The molecule has 0 unspecified atom stereocenters. The van der Waals surface area contributed by atoms with Gasteiger partial charge in [-0.1, -0.05) is 11.3 Å². The molecule has 0 aliphatic rings. The number of hydrogen-bond acceptors (Lipinski definition) is 6. The number of nitrogen functional groups attached to an aromatic ring is 1. The predicted molar refractivity (Wildman–Crippen MR) is 78.5 cm³/mol. The van der Waals surface area contributed by atoms with Gasteiger partial charge in [0.15, 0.2) is 5.13 Å². The number of rotatable bonds is 5. The summed E-state index contributed by atoms with van der Waals surface area (Å²) in [7, 11) is 1.65. The van der Waals surface area contributed by atoms with Gasteiger partial charge >= 0.3 is 0 Å². The van der Waals surface area contributed by atoms with Crippen LogP contribution in [-0.2, 0) is 0 Å². The maximum absolute atomic E-state index is 12.3. The minimum Gasteiger partial charge on any atom is -0.394 e. The number of aromatic nitrogens is 1. The summed E-state index contributed by atoms with van der Waals surface area (Å²) < 4.78 is 0. The van der Waals surface area contributed by atoms with Crippen molar-refractivity contribution in [2.75, 3.05) is 24.7 Å². The lowest BCUT2D eigenvalue weighted by Crippen LogP contribution is -2.47. The molecule has 6 nitrogen and oxygen atoms in total. The van der Waals surface area contributed by atoms with Gasteiger partial charge in [0.2, 0.25) is 0 Å². The Morgan fingerprint density at radius 3 is 2.63 bits per heavy atom. The smallest absolute Gasteiger partial charge is 0.268 e. The number of nitrogens with two attached hydrogens (primary N) is 1. The van der Waals surface area contributed by atoms with E-state index in [1.54, 1.807) is 20.9 Å². The molecule has 7 heteroatoms. The summed E-state index contributed by atoms with van der Waals surface area (Å²) in [6, 6.07) is 0.222. The van der Waals surface area contributed by atoms with Gasteiger partial charge < -0.3 is 21.1 Å². The second-order valence-corrected chi connectivity index (χ2v) is 6.37. The van der Waals surface area contributed by atoms with Crippen molar-refractivity contribution in [3.05, 3.63) is 4.88 Å². The van der Waals surface area contributed by atoms with E-state index >= 15 is 0 Å². The third-order valence-electron chi connectivity index (χ3n) is 2.86. The van der Waals surface area contributed by atoms with Crippen molar-refractivity contribution in [3.8, 4) is 0 Å². The molecule has 1 heterocycles. The van der Waals surface area contributed by atoms with Crippen LogP contribution in [0, 0.1) is 0 Å². The molecule has 1 amide bonds. The van der Waals surface area contributed by atoms with E-state index in [1.807, 2.05) is 13.8 Å². The molecule has 0 atom stereocenters. The van der Waals surface area contributed by atoms with Crippen LogP contribution in [0.4, 0.5) is 10.9 Å². The highest BCUT2D eigenvalue weighted by Gasteiger charge is 2.30. The van der Waals surface area contributed by atoms with Gasteiger partial charge in [-0.05, 0) is 27.7 Å². The summed E-state index contributed by atoms with van der Waals surface area (Å²) in [4.78, 5) is 18.4. The number of carbonyl (C=O) groups is 1. The highest BCUT2D eigenvalue weighted by atomic mass is 32.1. The molecule has 0 aliphatic carbocycles. The van der Waals surface area contributed by atoms with E-state index in [9.17, 15) is 9.90 Å². The molecule has 0 spiro atoms. The van der Waals surface area contributed by atoms with Gasteiger partial charge in [0.05, 0.1) is 12.1 Å². The molecule has 4 N–H and O–H groups in total. The number of thiazole rings is 1. The molecule has 0 radical (unpaired) electrons. The zero-order valence-electron chi connectivity index (χ0n) is 12.0. The molecule has 0 saturated heterocycles. The van der Waals surface area contributed by atoms with E-state index in [1.165, 1.54) is 16.2 Å². The Morgan fingerprint density at radius 2 is 2.16 bits per heavy atom. The van der Waals surface area contributed by atoms with Gasteiger partial charge in [-0.3, -0.25) is 4.79 Å². The number of likely N-dealkylation sites (N-methyl/N-ethyl adjacent to an activating group) is 1. The molecule has 0 saturated carbocycles. The minimum atomic E-state index is -0.640. The Morgan fingerprint density at radius 1 is 1.58 bits per heavy atom. The third-order valence-corrected chi connectivity index (χ3v) is 3.85. The zero-order chi connectivity index (χ0) is 14.8. The molecule has 0 aromatic carbocycles. The molecule has 1 aromatic heterocycles. The van der Waals surface area contributed by atoms with Gasteiger partial charge in [0.1, 0.15) is 10.7 Å². The number of aliphatic hydroxyl groups is 1. The number of aliphatic hydroxyl groups excluding tert-OH is 1.